The lowest BCUT2D eigenvalue weighted by Crippen LogP contribution is -2.31. The summed E-state index contributed by atoms with van der Waals surface area (Å²) in [6.45, 7) is 4.87. The second kappa shape index (κ2) is 6.56. The fourth-order valence-corrected chi connectivity index (χ4v) is 1.52. The number of hydrogen-bond acceptors (Lipinski definition) is 4. The van der Waals surface area contributed by atoms with E-state index in [1.54, 1.807) is 11.9 Å². The first-order chi connectivity index (χ1) is 8.41. The average molecular weight is 272 g/mol. The van der Waals surface area contributed by atoms with E-state index in [9.17, 15) is 4.79 Å². The van der Waals surface area contributed by atoms with Crippen molar-refractivity contribution in [3.8, 4) is 0 Å². The van der Waals surface area contributed by atoms with E-state index in [2.05, 4.69) is 4.98 Å². The van der Waals surface area contributed by atoms with E-state index in [4.69, 9.17) is 22.1 Å². The van der Waals surface area contributed by atoms with Gasteiger partial charge < -0.3 is 15.4 Å². The van der Waals surface area contributed by atoms with Gasteiger partial charge in [-0.15, -0.1) is 0 Å². The predicted octanol–water partition coefficient (Wildman–Crippen LogP) is 1.81. The van der Waals surface area contributed by atoms with Crippen molar-refractivity contribution in [2.75, 3.05) is 25.9 Å². The molecule has 0 saturated carbocycles. The Balaban J connectivity index is 2.65. The highest BCUT2D eigenvalue weighted by Crippen LogP contribution is 2.16. The summed E-state index contributed by atoms with van der Waals surface area (Å²) >= 11 is 5.75. The van der Waals surface area contributed by atoms with Crippen molar-refractivity contribution in [3.05, 3.63) is 23.0 Å². The number of nitrogen functional groups attached to an aromatic ring is 1. The van der Waals surface area contributed by atoms with Gasteiger partial charge in [0.2, 0.25) is 0 Å². The second-order valence-electron chi connectivity index (χ2n) is 4.24. The number of ether oxygens (including phenoxy) is 1. The zero-order valence-corrected chi connectivity index (χ0v) is 11.6. The molecule has 1 amide bonds. The number of aromatic nitrogens is 1. The molecule has 6 heteroatoms. The van der Waals surface area contributed by atoms with E-state index >= 15 is 0 Å². The van der Waals surface area contributed by atoms with E-state index in [0.29, 0.717) is 24.4 Å². The summed E-state index contributed by atoms with van der Waals surface area (Å²) < 4.78 is 5.39. The van der Waals surface area contributed by atoms with Gasteiger partial charge in [-0.1, -0.05) is 11.6 Å². The molecule has 18 heavy (non-hydrogen) atoms. The Bertz CT molecular complexity index is 424. The molecule has 0 aliphatic carbocycles. The van der Waals surface area contributed by atoms with E-state index in [-0.39, 0.29) is 17.2 Å². The standard InChI is InChI=1S/C12H18ClN3O2/c1-8(2)18-5-4-16(3)12(17)9-6-11(13)15-7-10(9)14/h6-8H,4-5,14H2,1-3H3. The lowest BCUT2D eigenvalue weighted by Gasteiger charge is -2.19. The van der Waals surface area contributed by atoms with Gasteiger partial charge in [-0.3, -0.25) is 4.79 Å². The van der Waals surface area contributed by atoms with Crippen LogP contribution >= 0.6 is 11.6 Å². The summed E-state index contributed by atoms with van der Waals surface area (Å²) in [4.78, 5) is 17.5. The van der Waals surface area contributed by atoms with Crippen LogP contribution in [-0.4, -0.2) is 42.1 Å². The van der Waals surface area contributed by atoms with Gasteiger partial charge in [-0.25, -0.2) is 4.98 Å². The Morgan fingerprint density at radius 3 is 2.89 bits per heavy atom. The Labute approximate surface area is 112 Å². The molecular formula is C12H18ClN3O2. The lowest BCUT2D eigenvalue weighted by molar-refractivity contribution is 0.0532. The molecule has 0 aliphatic heterocycles. The normalized spacial score (nSPS) is 10.7. The van der Waals surface area contributed by atoms with Crippen LogP contribution in [0.25, 0.3) is 0 Å². The SMILES string of the molecule is CC(C)OCCN(C)C(=O)c1cc(Cl)ncc1N. The first-order valence-corrected chi connectivity index (χ1v) is 6.07. The summed E-state index contributed by atoms with van der Waals surface area (Å²) in [7, 11) is 1.69. The molecule has 0 unspecified atom stereocenters. The number of hydrogen-bond donors (Lipinski definition) is 1. The van der Waals surface area contributed by atoms with Crippen molar-refractivity contribution in [1.29, 1.82) is 0 Å². The summed E-state index contributed by atoms with van der Waals surface area (Å²) in [5.74, 6) is -0.191. The zero-order chi connectivity index (χ0) is 13.7. The van der Waals surface area contributed by atoms with Crippen LogP contribution in [0.15, 0.2) is 12.3 Å². The molecule has 0 spiro atoms. The van der Waals surface area contributed by atoms with Crippen molar-refractivity contribution in [2.24, 2.45) is 0 Å². The van der Waals surface area contributed by atoms with Gasteiger partial charge in [0.15, 0.2) is 0 Å². The number of amides is 1. The van der Waals surface area contributed by atoms with Crippen LogP contribution in [0.5, 0.6) is 0 Å². The Kier molecular flexibility index (Phi) is 5.37. The maximum Gasteiger partial charge on any atom is 0.255 e. The van der Waals surface area contributed by atoms with Gasteiger partial charge in [0.1, 0.15) is 5.15 Å². The third-order valence-electron chi connectivity index (χ3n) is 2.36. The molecular weight excluding hydrogens is 254 g/mol. The Morgan fingerprint density at radius 2 is 2.28 bits per heavy atom. The summed E-state index contributed by atoms with van der Waals surface area (Å²) in [5, 5.41) is 0.249. The molecule has 0 radical (unpaired) electrons. The third kappa shape index (κ3) is 4.16. The number of carbonyl (C=O) groups excluding carboxylic acids is 1. The molecule has 1 heterocycles. The molecule has 1 aromatic rings. The average Bonchev–Trinajstić information content (AvgIpc) is 2.30. The topological polar surface area (TPSA) is 68.5 Å². The minimum atomic E-state index is -0.191. The van der Waals surface area contributed by atoms with E-state index in [0.717, 1.165) is 0 Å². The van der Waals surface area contributed by atoms with Gasteiger partial charge in [0, 0.05) is 13.6 Å². The Morgan fingerprint density at radius 1 is 1.61 bits per heavy atom. The molecule has 1 aromatic heterocycles. The molecule has 0 fully saturated rings. The van der Waals surface area contributed by atoms with E-state index in [1.165, 1.54) is 12.3 Å². The molecule has 100 valence electrons. The summed E-state index contributed by atoms with van der Waals surface area (Å²) in [6.07, 6.45) is 1.53. The fourth-order valence-electron chi connectivity index (χ4n) is 1.36. The van der Waals surface area contributed by atoms with E-state index in [1.807, 2.05) is 13.8 Å². The zero-order valence-electron chi connectivity index (χ0n) is 10.8. The monoisotopic (exact) mass is 271 g/mol. The van der Waals surface area contributed by atoms with Crippen LogP contribution in [0.2, 0.25) is 5.15 Å². The van der Waals surface area contributed by atoms with Gasteiger partial charge >= 0.3 is 0 Å². The quantitative estimate of drug-likeness (QED) is 0.830. The number of nitrogens with two attached hydrogens (primary N) is 1. The minimum absolute atomic E-state index is 0.147. The number of likely N-dealkylation sites (N-methyl/N-ethyl adjacent to an activating group) is 1. The molecule has 0 aromatic carbocycles. The van der Waals surface area contributed by atoms with Crippen molar-refractivity contribution in [1.82, 2.24) is 9.88 Å². The number of rotatable bonds is 5. The van der Waals surface area contributed by atoms with Crippen LogP contribution < -0.4 is 5.73 Å². The second-order valence-corrected chi connectivity index (χ2v) is 4.63. The maximum absolute atomic E-state index is 12.1. The highest BCUT2D eigenvalue weighted by molar-refractivity contribution is 6.29. The summed E-state index contributed by atoms with van der Waals surface area (Å²) in [6, 6.07) is 1.47. The smallest absolute Gasteiger partial charge is 0.255 e. The lowest BCUT2D eigenvalue weighted by atomic mass is 10.2. The highest BCUT2D eigenvalue weighted by atomic mass is 35.5. The number of halogens is 1. The molecule has 0 aliphatic rings. The first kappa shape index (κ1) is 14.7. The van der Waals surface area contributed by atoms with Gasteiger partial charge in [-0.05, 0) is 19.9 Å². The summed E-state index contributed by atoms with van der Waals surface area (Å²) in [5.41, 5.74) is 6.39. The minimum Gasteiger partial charge on any atom is -0.397 e. The number of carbonyl (C=O) groups is 1. The first-order valence-electron chi connectivity index (χ1n) is 5.70. The van der Waals surface area contributed by atoms with Crippen molar-refractivity contribution in [2.45, 2.75) is 20.0 Å². The number of anilines is 1. The van der Waals surface area contributed by atoms with E-state index < -0.39 is 0 Å². The molecule has 1 rings (SSSR count). The van der Waals surface area contributed by atoms with Crippen LogP contribution in [0.4, 0.5) is 5.69 Å². The number of nitrogens with zero attached hydrogens (tertiary/aromatic N) is 2. The fraction of sp³-hybridized carbons (Fsp3) is 0.500. The Hall–Kier alpha value is -1.33. The molecule has 0 saturated heterocycles. The third-order valence-corrected chi connectivity index (χ3v) is 2.56. The molecule has 2 N–H and O–H groups in total. The van der Waals surface area contributed by atoms with Crippen LogP contribution in [0.3, 0.4) is 0 Å². The van der Waals surface area contributed by atoms with Crippen LogP contribution in [-0.2, 0) is 4.74 Å². The van der Waals surface area contributed by atoms with Gasteiger partial charge in [0.25, 0.3) is 5.91 Å². The predicted molar refractivity (Wildman–Crippen MR) is 71.7 cm³/mol. The van der Waals surface area contributed by atoms with Gasteiger partial charge in [-0.2, -0.15) is 0 Å². The van der Waals surface area contributed by atoms with Crippen molar-refractivity contribution in [3.63, 3.8) is 0 Å². The molecule has 0 atom stereocenters. The maximum atomic E-state index is 12.1. The molecule has 5 nitrogen and oxygen atoms in total. The van der Waals surface area contributed by atoms with Crippen molar-refractivity contribution >= 4 is 23.2 Å². The van der Waals surface area contributed by atoms with Gasteiger partial charge in [0.05, 0.1) is 30.2 Å². The van der Waals surface area contributed by atoms with Crippen molar-refractivity contribution < 1.29 is 9.53 Å². The highest BCUT2D eigenvalue weighted by Gasteiger charge is 2.15. The largest absolute Gasteiger partial charge is 0.397 e. The van der Waals surface area contributed by atoms with Crippen LogP contribution in [0.1, 0.15) is 24.2 Å². The molecule has 0 bridgehead atoms. The van der Waals surface area contributed by atoms with Crippen LogP contribution in [0, 0.1) is 0 Å². The number of pyridine rings is 1.